The van der Waals surface area contributed by atoms with Crippen LogP contribution in [0, 0.1) is 0 Å². The molecule has 5 nitrogen and oxygen atoms in total. The molecule has 1 heterocycles. The number of hydrogen-bond donors (Lipinski definition) is 0. The van der Waals surface area contributed by atoms with E-state index >= 15 is 0 Å². The molecule has 0 N–H and O–H groups in total. The van der Waals surface area contributed by atoms with Gasteiger partial charge in [-0.15, -0.1) is 11.3 Å². The van der Waals surface area contributed by atoms with Crippen LogP contribution in [0.2, 0.25) is 0 Å². The lowest BCUT2D eigenvalue weighted by Crippen LogP contribution is -2.19. The van der Waals surface area contributed by atoms with Gasteiger partial charge in [0.2, 0.25) is 5.78 Å². The van der Waals surface area contributed by atoms with Crippen molar-refractivity contribution in [3.05, 3.63) is 52.2 Å². The molecule has 2 rings (SSSR count). The third-order valence-electron chi connectivity index (χ3n) is 3.05. The van der Waals surface area contributed by atoms with Crippen molar-refractivity contribution in [2.24, 2.45) is 0 Å². The second kappa shape index (κ2) is 8.88. The number of Topliss-reactive ketones (excluding diaryl/α,β-unsaturated/α-hetero) is 1. The summed E-state index contributed by atoms with van der Waals surface area (Å²) in [5.41, 5.74) is 0.964. The SMILES string of the molecule is C/C=C/c1ccc(OCC(=O)OCC(=O)c2cccs2)c(OC)c1. The summed E-state index contributed by atoms with van der Waals surface area (Å²) in [6.07, 6.45) is 3.84. The minimum absolute atomic E-state index is 0.230. The first-order chi connectivity index (χ1) is 11.6. The highest BCUT2D eigenvalue weighted by atomic mass is 32.1. The summed E-state index contributed by atoms with van der Waals surface area (Å²) in [5, 5.41) is 1.79. The smallest absolute Gasteiger partial charge is 0.344 e. The Hall–Kier alpha value is -2.60. The van der Waals surface area contributed by atoms with Crippen molar-refractivity contribution in [3.63, 3.8) is 0 Å². The fourth-order valence-electron chi connectivity index (χ4n) is 1.93. The van der Waals surface area contributed by atoms with Crippen molar-refractivity contribution in [1.82, 2.24) is 0 Å². The van der Waals surface area contributed by atoms with Crippen LogP contribution in [-0.2, 0) is 9.53 Å². The Bertz CT molecular complexity index is 719. The van der Waals surface area contributed by atoms with Crippen molar-refractivity contribution in [2.45, 2.75) is 6.92 Å². The van der Waals surface area contributed by atoms with E-state index < -0.39 is 5.97 Å². The summed E-state index contributed by atoms with van der Waals surface area (Å²) in [6, 6.07) is 8.84. The van der Waals surface area contributed by atoms with E-state index in [9.17, 15) is 9.59 Å². The van der Waals surface area contributed by atoms with Gasteiger partial charge in [0.25, 0.3) is 0 Å². The average molecular weight is 346 g/mol. The van der Waals surface area contributed by atoms with Gasteiger partial charge in [0.15, 0.2) is 24.7 Å². The lowest BCUT2D eigenvalue weighted by Gasteiger charge is -2.11. The highest BCUT2D eigenvalue weighted by molar-refractivity contribution is 7.12. The molecule has 6 heteroatoms. The zero-order valence-electron chi connectivity index (χ0n) is 13.5. The lowest BCUT2D eigenvalue weighted by molar-refractivity contribution is -0.144. The van der Waals surface area contributed by atoms with E-state index in [0.717, 1.165) is 5.56 Å². The van der Waals surface area contributed by atoms with E-state index in [1.165, 1.54) is 18.4 Å². The first-order valence-electron chi connectivity index (χ1n) is 7.30. The summed E-state index contributed by atoms with van der Waals surface area (Å²) >= 11 is 1.31. The molecule has 1 aromatic heterocycles. The van der Waals surface area contributed by atoms with Crippen LogP contribution >= 0.6 is 11.3 Å². The highest BCUT2D eigenvalue weighted by Gasteiger charge is 2.12. The van der Waals surface area contributed by atoms with Crippen LogP contribution in [0.5, 0.6) is 11.5 Å². The van der Waals surface area contributed by atoms with E-state index in [2.05, 4.69) is 0 Å². The van der Waals surface area contributed by atoms with Crippen molar-refractivity contribution >= 4 is 29.2 Å². The maximum absolute atomic E-state index is 11.7. The van der Waals surface area contributed by atoms with Crippen LogP contribution in [0.3, 0.4) is 0 Å². The van der Waals surface area contributed by atoms with E-state index in [-0.39, 0.29) is 19.0 Å². The third-order valence-corrected chi connectivity index (χ3v) is 3.96. The van der Waals surface area contributed by atoms with Gasteiger partial charge in [-0.3, -0.25) is 4.79 Å². The molecular formula is C18H18O5S. The molecule has 0 aliphatic carbocycles. The van der Waals surface area contributed by atoms with Crippen LogP contribution in [0.4, 0.5) is 0 Å². The number of allylic oxidation sites excluding steroid dienone is 1. The third kappa shape index (κ3) is 4.96. The molecule has 0 saturated heterocycles. The molecule has 0 atom stereocenters. The Kier molecular flexibility index (Phi) is 6.57. The van der Waals surface area contributed by atoms with Crippen molar-refractivity contribution in [1.29, 1.82) is 0 Å². The number of ether oxygens (including phenoxy) is 3. The van der Waals surface area contributed by atoms with Crippen molar-refractivity contribution in [3.8, 4) is 11.5 Å². The van der Waals surface area contributed by atoms with Crippen LogP contribution in [-0.4, -0.2) is 32.1 Å². The molecular weight excluding hydrogens is 328 g/mol. The topological polar surface area (TPSA) is 61.8 Å². The van der Waals surface area contributed by atoms with Gasteiger partial charge in [-0.2, -0.15) is 0 Å². The quantitative estimate of drug-likeness (QED) is 0.540. The number of ketones is 1. The Morgan fingerprint density at radius 3 is 2.67 bits per heavy atom. The summed E-state index contributed by atoms with van der Waals surface area (Å²) in [5.74, 6) is 0.117. The zero-order valence-corrected chi connectivity index (χ0v) is 14.3. The molecule has 0 bridgehead atoms. The number of carbonyl (C=O) groups excluding carboxylic acids is 2. The largest absolute Gasteiger partial charge is 0.493 e. The number of carbonyl (C=O) groups is 2. The zero-order chi connectivity index (χ0) is 17.4. The van der Waals surface area contributed by atoms with E-state index in [1.807, 2.05) is 25.1 Å². The Balaban J connectivity index is 1.86. The number of hydrogen-bond acceptors (Lipinski definition) is 6. The van der Waals surface area contributed by atoms with Gasteiger partial charge in [-0.25, -0.2) is 4.79 Å². The Labute approximate surface area is 144 Å². The maximum atomic E-state index is 11.7. The fourth-order valence-corrected chi connectivity index (χ4v) is 2.58. The predicted molar refractivity (Wildman–Crippen MR) is 92.8 cm³/mol. The molecule has 0 amide bonds. The lowest BCUT2D eigenvalue weighted by atomic mass is 10.2. The summed E-state index contributed by atoms with van der Waals surface area (Å²) in [4.78, 5) is 24.0. The molecule has 126 valence electrons. The predicted octanol–water partition coefficient (Wildman–Crippen LogP) is 3.59. The monoisotopic (exact) mass is 346 g/mol. The summed E-state index contributed by atoms with van der Waals surface area (Å²) in [6.45, 7) is 1.33. The van der Waals surface area contributed by atoms with Gasteiger partial charge in [0.05, 0.1) is 12.0 Å². The number of thiophene rings is 1. The fraction of sp³-hybridized carbons (Fsp3) is 0.222. The molecule has 24 heavy (non-hydrogen) atoms. The highest BCUT2D eigenvalue weighted by Crippen LogP contribution is 2.28. The normalized spacial score (nSPS) is 10.6. The number of benzene rings is 1. The molecule has 0 radical (unpaired) electrons. The van der Waals surface area contributed by atoms with E-state index in [4.69, 9.17) is 14.2 Å². The molecule has 1 aromatic carbocycles. The van der Waals surface area contributed by atoms with Crippen LogP contribution < -0.4 is 9.47 Å². The van der Waals surface area contributed by atoms with Crippen molar-refractivity contribution in [2.75, 3.05) is 20.3 Å². The molecule has 0 aliphatic heterocycles. The van der Waals surface area contributed by atoms with Gasteiger partial charge >= 0.3 is 5.97 Å². The minimum atomic E-state index is -0.612. The summed E-state index contributed by atoms with van der Waals surface area (Å²) < 4.78 is 15.6. The number of esters is 1. The Morgan fingerprint density at radius 1 is 1.17 bits per heavy atom. The summed E-state index contributed by atoms with van der Waals surface area (Å²) in [7, 11) is 1.53. The molecule has 0 saturated carbocycles. The van der Waals surface area contributed by atoms with Gasteiger partial charge in [-0.05, 0) is 36.1 Å². The van der Waals surface area contributed by atoms with Crippen molar-refractivity contribution < 1.29 is 23.8 Å². The van der Waals surface area contributed by atoms with Crippen LogP contribution in [0.15, 0.2) is 41.8 Å². The maximum Gasteiger partial charge on any atom is 0.344 e. The Morgan fingerprint density at radius 2 is 2.00 bits per heavy atom. The van der Waals surface area contributed by atoms with Gasteiger partial charge < -0.3 is 14.2 Å². The average Bonchev–Trinajstić information content (AvgIpc) is 3.13. The van der Waals surface area contributed by atoms with E-state index in [1.54, 1.807) is 29.6 Å². The van der Waals surface area contributed by atoms with Crippen LogP contribution in [0.25, 0.3) is 6.08 Å². The first-order valence-corrected chi connectivity index (χ1v) is 8.18. The van der Waals surface area contributed by atoms with E-state index in [0.29, 0.717) is 16.4 Å². The van der Waals surface area contributed by atoms with Crippen LogP contribution in [0.1, 0.15) is 22.2 Å². The second-order valence-electron chi connectivity index (χ2n) is 4.76. The number of methoxy groups -OCH3 is 1. The second-order valence-corrected chi connectivity index (χ2v) is 5.71. The molecule has 0 fully saturated rings. The first kappa shape index (κ1) is 17.7. The number of rotatable bonds is 8. The molecule has 0 unspecified atom stereocenters. The minimum Gasteiger partial charge on any atom is -0.493 e. The van der Waals surface area contributed by atoms with Gasteiger partial charge in [0.1, 0.15) is 0 Å². The molecule has 0 aliphatic rings. The standard InChI is InChI=1S/C18H18O5S/c1-3-5-13-7-8-15(16(10-13)21-2)22-12-18(20)23-11-14(19)17-6-4-9-24-17/h3-10H,11-12H2,1-2H3/b5-3+. The molecule has 0 spiro atoms. The van der Waals surface area contributed by atoms with Gasteiger partial charge in [-0.1, -0.05) is 24.3 Å². The molecule has 2 aromatic rings. The van der Waals surface area contributed by atoms with Gasteiger partial charge in [0, 0.05) is 0 Å².